The standard InChI is InChI=1S/C27H26N4O3/c1-30-26(28-22-12-8-7-11-20(22)27(30)32)21-17-31(16-18-9-5-4-6-10-18)29-25(21)19-13-14-23(33-2)24(15-19)34-3/h4-15,17,26,28H,16H2,1-3H3. The lowest BCUT2D eigenvalue weighted by Gasteiger charge is -2.35. The summed E-state index contributed by atoms with van der Waals surface area (Å²) in [6.07, 6.45) is 1.63. The van der Waals surface area contributed by atoms with Crippen molar-refractivity contribution in [1.82, 2.24) is 14.7 Å². The minimum absolute atomic E-state index is 0.0339. The fourth-order valence-corrected chi connectivity index (χ4v) is 4.33. The lowest BCUT2D eigenvalue weighted by atomic mass is 10.0. The Labute approximate surface area is 198 Å². The van der Waals surface area contributed by atoms with Crippen molar-refractivity contribution in [2.24, 2.45) is 0 Å². The molecule has 3 aromatic carbocycles. The zero-order valence-electron chi connectivity index (χ0n) is 19.4. The van der Waals surface area contributed by atoms with Crippen LogP contribution in [0.2, 0.25) is 0 Å². The number of nitrogens with one attached hydrogen (secondary N) is 1. The highest BCUT2D eigenvalue weighted by Gasteiger charge is 2.33. The van der Waals surface area contributed by atoms with Gasteiger partial charge in [0.15, 0.2) is 11.5 Å². The SMILES string of the molecule is COc1ccc(-c2nn(Cc3ccccc3)cc2C2Nc3ccccc3C(=O)N2C)cc1OC. The number of amides is 1. The average molecular weight is 455 g/mol. The molecule has 1 aromatic heterocycles. The van der Waals surface area contributed by atoms with Gasteiger partial charge in [-0.25, -0.2) is 0 Å². The molecule has 1 unspecified atom stereocenters. The lowest BCUT2D eigenvalue weighted by molar-refractivity contribution is 0.0736. The van der Waals surface area contributed by atoms with Gasteiger partial charge in [0.25, 0.3) is 5.91 Å². The number of carbonyl (C=O) groups is 1. The molecule has 1 N–H and O–H groups in total. The molecule has 0 saturated carbocycles. The summed E-state index contributed by atoms with van der Waals surface area (Å²) in [5, 5.41) is 8.47. The smallest absolute Gasteiger partial charge is 0.257 e. The summed E-state index contributed by atoms with van der Waals surface area (Å²) in [7, 11) is 5.03. The summed E-state index contributed by atoms with van der Waals surface area (Å²) in [6.45, 7) is 0.613. The summed E-state index contributed by atoms with van der Waals surface area (Å²) in [5.41, 5.74) is 5.15. The van der Waals surface area contributed by atoms with Crippen LogP contribution in [0.4, 0.5) is 5.69 Å². The molecule has 1 amide bonds. The molecule has 1 aliphatic heterocycles. The van der Waals surface area contributed by atoms with E-state index >= 15 is 0 Å². The minimum Gasteiger partial charge on any atom is -0.493 e. The molecule has 172 valence electrons. The fourth-order valence-electron chi connectivity index (χ4n) is 4.33. The first kappa shape index (κ1) is 21.6. The summed E-state index contributed by atoms with van der Waals surface area (Å²) in [4.78, 5) is 14.9. The number of nitrogens with zero attached hydrogens (tertiary/aromatic N) is 3. The van der Waals surface area contributed by atoms with Gasteiger partial charge in [-0.15, -0.1) is 0 Å². The van der Waals surface area contributed by atoms with Crippen LogP contribution in [0.25, 0.3) is 11.3 Å². The Kier molecular flexibility index (Phi) is 5.67. The summed E-state index contributed by atoms with van der Waals surface area (Å²) >= 11 is 0. The van der Waals surface area contributed by atoms with Crippen molar-refractivity contribution in [2.75, 3.05) is 26.6 Å². The van der Waals surface area contributed by atoms with Gasteiger partial charge in [0, 0.05) is 30.1 Å². The maximum Gasteiger partial charge on any atom is 0.257 e. The van der Waals surface area contributed by atoms with Crippen LogP contribution >= 0.6 is 0 Å². The largest absolute Gasteiger partial charge is 0.493 e. The van der Waals surface area contributed by atoms with Crippen LogP contribution in [0, 0.1) is 0 Å². The Morgan fingerprint density at radius 2 is 1.68 bits per heavy atom. The van der Waals surface area contributed by atoms with Crippen molar-refractivity contribution in [3.63, 3.8) is 0 Å². The highest BCUT2D eigenvalue weighted by Crippen LogP contribution is 2.38. The highest BCUT2D eigenvalue weighted by molar-refractivity contribution is 6.01. The first-order valence-electron chi connectivity index (χ1n) is 11.1. The summed E-state index contributed by atoms with van der Waals surface area (Å²) < 4.78 is 12.9. The molecule has 0 spiro atoms. The van der Waals surface area contributed by atoms with Crippen molar-refractivity contribution in [3.05, 3.63) is 95.7 Å². The molecule has 5 rings (SSSR count). The van der Waals surface area contributed by atoms with Gasteiger partial charge in [-0.2, -0.15) is 5.10 Å². The fraction of sp³-hybridized carbons (Fsp3) is 0.185. The number of carbonyl (C=O) groups excluding carboxylic acids is 1. The Bertz CT molecular complexity index is 1330. The van der Waals surface area contributed by atoms with Crippen molar-refractivity contribution < 1.29 is 14.3 Å². The van der Waals surface area contributed by atoms with Crippen LogP contribution in [0.5, 0.6) is 11.5 Å². The first-order valence-corrected chi connectivity index (χ1v) is 11.1. The number of ether oxygens (including phenoxy) is 2. The molecular weight excluding hydrogens is 428 g/mol. The van der Waals surface area contributed by atoms with E-state index in [1.54, 1.807) is 19.1 Å². The summed E-state index contributed by atoms with van der Waals surface area (Å²) in [5.74, 6) is 1.23. The molecule has 0 fully saturated rings. The third-order valence-electron chi connectivity index (χ3n) is 6.09. The van der Waals surface area contributed by atoms with Crippen LogP contribution in [-0.2, 0) is 6.54 Å². The van der Waals surface area contributed by atoms with E-state index in [0.29, 0.717) is 23.6 Å². The van der Waals surface area contributed by atoms with Crippen molar-refractivity contribution in [3.8, 4) is 22.8 Å². The Hall–Kier alpha value is -4.26. The Morgan fingerprint density at radius 3 is 2.44 bits per heavy atom. The van der Waals surface area contributed by atoms with Crippen LogP contribution in [0.15, 0.2) is 79.0 Å². The van der Waals surface area contributed by atoms with E-state index in [-0.39, 0.29) is 12.1 Å². The zero-order chi connectivity index (χ0) is 23.7. The van der Waals surface area contributed by atoms with E-state index in [0.717, 1.165) is 28.1 Å². The molecule has 7 nitrogen and oxygen atoms in total. The second-order valence-electron chi connectivity index (χ2n) is 8.19. The lowest BCUT2D eigenvalue weighted by Crippen LogP contribution is -2.40. The molecule has 7 heteroatoms. The van der Waals surface area contributed by atoms with Gasteiger partial charge < -0.3 is 19.7 Å². The van der Waals surface area contributed by atoms with Crippen LogP contribution in [-0.4, -0.2) is 41.9 Å². The number of anilines is 1. The monoisotopic (exact) mass is 454 g/mol. The van der Waals surface area contributed by atoms with E-state index in [4.69, 9.17) is 14.6 Å². The maximum atomic E-state index is 13.2. The number of benzene rings is 3. The third kappa shape index (κ3) is 3.85. The predicted octanol–water partition coefficient (Wildman–Crippen LogP) is 4.81. The Balaban J connectivity index is 1.62. The Morgan fingerprint density at radius 1 is 0.941 bits per heavy atom. The topological polar surface area (TPSA) is 68.6 Å². The number of fused-ring (bicyclic) bond motifs is 1. The number of methoxy groups -OCH3 is 2. The van der Waals surface area contributed by atoms with E-state index < -0.39 is 0 Å². The normalized spacial score (nSPS) is 15.0. The van der Waals surface area contributed by atoms with Crippen LogP contribution in [0.1, 0.15) is 27.7 Å². The number of aromatic nitrogens is 2. The van der Waals surface area contributed by atoms with Crippen molar-refractivity contribution in [2.45, 2.75) is 12.7 Å². The van der Waals surface area contributed by atoms with Gasteiger partial charge in [0.2, 0.25) is 0 Å². The molecule has 0 bridgehead atoms. The van der Waals surface area contributed by atoms with Crippen LogP contribution < -0.4 is 14.8 Å². The highest BCUT2D eigenvalue weighted by atomic mass is 16.5. The van der Waals surface area contributed by atoms with E-state index in [1.807, 2.05) is 78.6 Å². The van der Waals surface area contributed by atoms with Gasteiger partial charge in [-0.3, -0.25) is 9.48 Å². The molecule has 4 aromatic rings. The van der Waals surface area contributed by atoms with Gasteiger partial charge >= 0.3 is 0 Å². The number of para-hydroxylation sites is 1. The summed E-state index contributed by atoms with van der Waals surface area (Å²) in [6, 6.07) is 23.5. The molecular formula is C27H26N4O3. The first-order chi connectivity index (χ1) is 16.6. The second kappa shape index (κ2) is 8.94. The number of hydrogen-bond acceptors (Lipinski definition) is 5. The van der Waals surface area contributed by atoms with E-state index in [9.17, 15) is 4.79 Å². The molecule has 0 radical (unpaired) electrons. The number of rotatable bonds is 6. The molecule has 0 aliphatic carbocycles. The van der Waals surface area contributed by atoms with Crippen molar-refractivity contribution in [1.29, 1.82) is 0 Å². The van der Waals surface area contributed by atoms with E-state index in [1.165, 1.54) is 0 Å². The average Bonchev–Trinajstić information content (AvgIpc) is 3.29. The van der Waals surface area contributed by atoms with Gasteiger partial charge in [-0.05, 0) is 35.9 Å². The zero-order valence-corrected chi connectivity index (χ0v) is 19.4. The second-order valence-corrected chi connectivity index (χ2v) is 8.19. The molecule has 1 atom stereocenters. The predicted molar refractivity (Wildman–Crippen MR) is 131 cm³/mol. The quantitative estimate of drug-likeness (QED) is 0.453. The number of hydrogen-bond donors (Lipinski definition) is 1. The van der Waals surface area contributed by atoms with Gasteiger partial charge in [-0.1, -0.05) is 42.5 Å². The molecule has 0 saturated heterocycles. The third-order valence-corrected chi connectivity index (χ3v) is 6.09. The van der Waals surface area contributed by atoms with Gasteiger partial charge in [0.1, 0.15) is 6.17 Å². The molecule has 1 aliphatic rings. The molecule has 34 heavy (non-hydrogen) atoms. The van der Waals surface area contributed by atoms with E-state index in [2.05, 4.69) is 17.4 Å². The molecule has 2 heterocycles. The minimum atomic E-state index is -0.380. The van der Waals surface area contributed by atoms with Gasteiger partial charge in [0.05, 0.1) is 32.0 Å². The maximum absolute atomic E-state index is 13.2. The van der Waals surface area contributed by atoms with Crippen molar-refractivity contribution >= 4 is 11.6 Å². The van der Waals surface area contributed by atoms with Crippen LogP contribution in [0.3, 0.4) is 0 Å².